The number of piperidine rings is 3. The lowest BCUT2D eigenvalue weighted by molar-refractivity contribution is -0.134. The number of nitrogens with one attached hydrogen (secondary N) is 1. The van der Waals surface area contributed by atoms with Gasteiger partial charge in [-0.3, -0.25) is 14.9 Å². The molecule has 3 aliphatic heterocycles. The molecular weight excluding hydrogens is 456 g/mol. The first-order chi connectivity index (χ1) is 17.4. The molecular formula is C28H38N4O4. The second-order valence-corrected chi connectivity index (χ2v) is 10.7. The molecule has 1 aromatic heterocycles. The average Bonchev–Trinajstić information content (AvgIpc) is 3.20. The van der Waals surface area contributed by atoms with Gasteiger partial charge in [0.05, 0.1) is 18.0 Å². The van der Waals surface area contributed by atoms with Crippen LogP contribution in [0.1, 0.15) is 63.4 Å². The fraction of sp³-hybridized carbons (Fsp3) is 0.607. The zero-order chi connectivity index (χ0) is 25.2. The molecule has 0 radical (unpaired) electrons. The van der Waals surface area contributed by atoms with Crippen molar-refractivity contribution in [2.45, 2.75) is 57.8 Å². The minimum Gasteiger partial charge on any atom is -0.450 e. The van der Waals surface area contributed by atoms with E-state index in [1.165, 1.54) is 24.9 Å². The van der Waals surface area contributed by atoms with E-state index >= 15 is 0 Å². The lowest BCUT2D eigenvalue weighted by Crippen LogP contribution is -2.40. The van der Waals surface area contributed by atoms with Crippen LogP contribution in [0.2, 0.25) is 0 Å². The second kappa shape index (κ2) is 10.5. The molecule has 3 amide bonds. The van der Waals surface area contributed by atoms with Gasteiger partial charge in [0.1, 0.15) is 0 Å². The molecule has 36 heavy (non-hydrogen) atoms. The summed E-state index contributed by atoms with van der Waals surface area (Å²) in [5.74, 6) is 0.828. The minimum atomic E-state index is -0.267. The number of nitrogens with zero attached hydrogens (tertiary/aromatic N) is 3. The largest absolute Gasteiger partial charge is 0.450 e. The summed E-state index contributed by atoms with van der Waals surface area (Å²) in [6.45, 7) is 6.05. The Morgan fingerprint density at radius 2 is 1.72 bits per heavy atom. The van der Waals surface area contributed by atoms with Gasteiger partial charge in [0.25, 0.3) is 0 Å². The fourth-order valence-electron chi connectivity index (χ4n) is 6.33. The van der Waals surface area contributed by atoms with Crippen molar-refractivity contribution in [3.05, 3.63) is 30.0 Å². The summed E-state index contributed by atoms with van der Waals surface area (Å²) < 4.78 is 7.25. The van der Waals surface area contributed by atoms with Crippen molar-refractivity contribution in [3.63, 3.8) is 0 Å². The molecule has 8 heteroatoms. The Kier molecular flexibility index (Phi) is 7.21. The average molecular weight is 495 g/mol. The van der Waals surface area contributed by atoms with Crippen LogP contribution >= 0.6 is 0 Å². The van der Waals surface area contributed by atoms with Gasteiger partial charge in [-0.15, -0.1) is 0 Å². The van der Waals surface area contributed by atoms with Crippen LogP contribution in [0.15, 0.2) is 24.4 Å². The Morgan fingerprint density at radius 3 is 2.39 bits per heavy atom. The van der Waals surface area contributed by atoms with Crippen LogP contribution < -0.4 is 10.2 Å². The first kappa shape index (κ1) is 24.7. The number of amides is 3. The zero-order valence-corrected chi connectivity index (χ0v) is 21.5. The lowest BCUT2D eigenvalue weighted by Gasteiger charge is -2.37. The quantitative estimate of drug-likeness (QED) is 0.631. The zero-order valence-electron chi connectivity index (χ0n) is 21.5. The number of aryl methyl sites for hydroxylation is 1. The van der Waals surface area contributed by atoms with E-state index in [2.05, 4.69) is 33.0 Å². The molecule has 194 valence electrons. The highest BCUT2D eigenvalue weighted by molar-refractivity contribution is 6.03. The third-order valence-corrected chi connectivity index (χ3v) is 8.41. The fourth-order valence-corrected chi connectivity index (χ4v) is 6.33. The molecule has 0 aliphatic carbocycles. The van der Waals surface area contributed by atoms with Gasteiger partial charge in [-0.25, -0.2) is 4.79 Å². The Morgan fingerprint density at radius 1 is 1.03 bits per heavy atom. The normalized spacial score (nSPS) is 22.2. The summed E-state index contributed by atoms with van der Waals surface area (Å²) in [6.07, 6.45) is 8.67. The number of fused-ring (bicyclic) bond motifs is 1. The van der Waals surface area contributed by atoms with Crippen LogP contribution in [0, 0.1) is 11.8 Å². The van der Waals surface area contributed by atoms with Gasteiger partial charge in [0, 0.05) is 56.9 Å². The standard InChI is InChI=1S/C28H38N4O4/c1-3-36-28(35)32-14-10-20(11-15-32)16-19-8-12-31(13-9-19)21-4-5-22-24(18-30(2)25(22)17-21)23-6-7-26(33)29-27(23)34/h4-5,17-20,23H,3,6-16H2,1-2H3,(H,29,33,34). The van der Waals surface area contributed by atoms with Gasteiger partial charge in [-0.05, 0) is 75.0 Å². The highest BCUT2D eigenvalue weighted by Crippen LogP contribution is 2.36. The summed E-state index contributed by atoms with van der Waals surface area (Å²) >= 11 is 0. The lowest BCUT2D eigenvalue weighted by atomic mass is 9.83. The van der Waals surface area contributed by atoms with Crippen LogP contribution in [-0.4, -0.2) is 60.2 Å². The Hall–Kier alpha value is -3.03. The van der Waals surface area contributed by atoms with E-state index in [0.29, 0.717) is 25.4 Å². The number of imide groups is 1. The van der Waals surface area contributed by atoms with E-state index in [1.807, 2.05) is 25.1 Å². The molecule has 8 nitrogen and oxygen atoms in total. The van der Waals surface area contributed by atoms with Gasteiger partial charge >= 0.3 is 6.09 Å². The van der Waals surface area contributed by atoms with Crippen molar-refractivity contribution >= 4 is 34.5 Å². The molecule has 3 aliphatic rings. The van der Waals surface area contributed by atoms with Crippen LogP contribution in [0.5, 0.6) is 0 Å². The number of hydrogen-bond acceptors (Lipinski definition) is 5. The molecule has 1 unspecified atom stereocenters. The van der Waals surface area contributed by atoms with E-state index in [4.69, 9.17) is 4.74 Å². The molecule has 5 rings (SSSR count). The van der Waals surface area contributed by atoms with Gasteiger partial charge in [-0.2, -0.15) is 0 Å². The Balaban J connectivity index is 1.17. The topological polar surface area (TPSA) is 83.9 Å². The number of likely N-dealkylation sites (tertiary alicyclic amines) is 1. The molecule has 3 fully saturated rings. The monoisotopic (exact) mass is 494 g/mol. The molecule has 1 aromatic carbocycles. The van der Waals surface area contributed by atoms with E-state index < -0.39 is 0 Å². The predicted octanol–water partition coefficient (Wildman–Crippen LogP) is 4.17. The first-order valence-electron chi connectivity index (χ1n) is 13.5. The third-order valence-electron chi connectivity index (χ3n) is 8.41. The molecule has 2 aromatic rings. The number of carbonyl (C=O) groups is 3. The predicted molar refractivity (Wildman–Crippen MR) is 139 cm³/mol. The highest BCUT2D eigenvalue weighted by Gasteiger charge is 2.31. The van der Waals surface area contributed by atoms with Crippen LogP contribution in [0.25, 0.3) is 10.9 Å². The van der Waals surface area contributed by atoms with E-state index in [9.17, 15) is 14.4 Å². The smallest absolute Gasteiger partial charge is 0.409 e. The summed E-state index contributed by atoms with van der Waals surface area (Å²) in [7, 11) is 2.03. The van der Waals surface area contributed by atoms with Crippen LogP contribution in [0.4, 0.5) is 10.5 Å². The number of aromatic nitrogens is 1. The number of ether oxygens (including phenoxy) is 1. The Labute approximate surface area is 212 Å². The van der Waals surface area contributed by atoms with Crippen molar-refractivity contribution in [2.24, 2.45) is 18.9 Å². The maximum atomic E-state index is 12.4. The van der Waals surface area contributed by atoms with Crippen LogP contribution in [-0.2, 0) is 21.4 Å². The van der Waals surface area contributed by atoms with Crippen LogP contribution in [0.3, 0.4) is 0 Å². The minimum absolute atomic E-state index is 0.163. The number of anilines is 1. The number of benzene rings is 1. The second-order valence-electron chi connectivity index (χ2n) is 10.7. The molecule has 1 atom stereocenters. The summed E-state index contributed by atoms with van der Waals surface area (Å²) in [5, 5.41) is 3.59. The SMILES string of the molecule is CCOC(=O)N1CCC(CC2CCN(c3ccc4c(C5CCC(=O)NC5=O)cn(C)c4c3)CC2)CC1. The number of hydrogen-bond donors (Lipinski definition) is 1. The summed E-state index contributed by atoms with van der Waals surface area (Å²) in [5.41, 5.74) is 3.37. The molecule has 4 heterocycles. The van der Waals surface area contributed by atoms with Gasteiger partial charge in [0.2, 0.25) is 11.8 Å². The van der Waals surface area contributed by atoms with Gasteiger partial charge < -0.3 is 19.1 Å². The van der Waals surface area contributed by atoms with Crippen molar-refractivity contribution in [1.82, 2.24) is 14.8 Å². The van der Waals surface area contributed by atoms with Crippen molar-refractivity contribution < 1.29 is 19.1 Å². The number of rotatable bonds is 5. The summed E-state index contributed by atoms with van der Waals surface area (Å²) in [4.78, 5) is 40.3. The van der Waals surface area contributed by atoms with Crippen molar-refractivity contribution in [1.29, 1.82) is 0 Å². The molecule has 3 saturated heterocycles. The summed E-state index contributed by atoms with van der Waals surface area (Å²) in [6, 6.07) is 6.58. The number of carbonyl (C=O) groups excluding carboxylic acids is 3. The highest BCUT2D eigenvalue weighted by atomic mass is 16.6. The van der Waals surface area contributed by atoms with E-state index in [-0.39, 0.29) is 23.8 Å². The Bertz CT molecular complexity index is 1130. The molecule has 1 N–H and O–H groups in total. The maximum absolute atomic E-state index is 12.4. The maximum Gasteiger partial charge on any atom is 0.409 e. The van der Waals surface area contributed by atoms with Crippen molar-refractivity contribution in [2.75, 3.05) is 37.7 Å². The molecule has 0 saturated carbocycles. The third kappa shape index (κ3) is 5.08. The molecule has 0 spiro atoms. The van der Waals surface area contributed by atoms with Crippen molar-refractivity contribution in [3.8, 4) is 0 Å². The van der Waals surface area contributed by atoms with Gasteiger partial charge in [0.15, 0.2) is 0 Å². The molecule has 0 bridgehead atoms. The van der Waals surface area contributed by atoms with E-state index in [0.717, 1.165) is 61.4 Å². The first-order valence-corrected chi connectivity index (χ1v) is 13.5. The van der Waals surface area contributed by atoms with E-state index in [1.54, 1.807) is 0 Å². The van der Waals surface area contributed by atoms with Gasteiger partial charge in [-0.1, -0.05) is 6.07 Å².